The molecule has 3 N–H and O–H groups in total. The molecule has 1 aromatic carbocycles. The zero-order valence-electron chi connectivity index (χ0n) is 14.2. The molecule has 4 aliphatic rings. The summed E-state index contributed by atoms with van der Waals surface area (Å²) in [6.45, 7) is 6.72. The fourth-order valence-electron chi connectivity index (χ4n) is 4.18. The van der Waals surface area contributed by atoms with Gasteiger partial charge in [0.1, 0.15) is 0 Å². The highest BCUT2D eigenvalue weighted by Gasteiger charge is 2.31. The summed E-state index contributed by atoms with van der Waals surface area (Å²) in [6, 6.07) is 7.03. The maximum atomic E-state index is 6.16. The zero-order chi connectivity index (χ0) is 15.6. The third-order valence-electron chi connectivity index (χ3n) is 5.52. The lowest BCUT2D eigenvalue weighted by molar-refractivity contribution is 0.0174. The Morgan fingerprint density at radius 1 is 1.17 bits per heavy atom. The van der Waals surface area contributed by atoms with Crippen LogP contribution in [-0.2, 0) is 12.8 Å². The van der Waals surface area contributed by atoms with Crippen LogP contribution in [0.3, 0.4) is 0 Å². The summed E-state index contributed by atoms with van der Waals surface area (Å²) < 4.78 is 0. The quantitative estimate of drug-likeness (QED) is 0.428. The van der Waals surface area contributed by atoms with Gasteiger partial charge in [0.05, 0.1) is 6.54 Å². The molecule has 0 saturated carbocycles. The second-order valence-corrected chi connectivity index (χ2v) is 6.99. The Labute approximate surface area is 161 Å². The van der Waals surface area contributed by atoms with Crippen molar-refractivity contribution < 1.29 is 0 Å². The van der Waals surface area contributed by atoms with E-state index in [1.54, 1.807) is 0 Å². The molecule has 24 heavy (non-hydrogen) atoms. The standard InChI is InChI=1S/C18H27N5.HI/c19-18(20-12-15-13-22-8-10-23(15)11-9-22)21-17-7-3-5-14-4-1-2-6-16(14)17;/h3,5,7,15H,1-2,4,6,8-13H2,(H3,19,20,21);1H. The highest BCUT2D eigenvalue weighted by atomic mass is 127. The molecule has 132 valence electrons. The first-order valence-corrected chi connectivity index (χ1v) is 8.94. The van der Waals surface area contributed by atoms with Crippen molar-refractivity contribution in [2.24, 2.45) is 10.7 Å². The number of nitrogens with zero attached hydrogens (tertiary/aromatic N) is 3. The number of piperazine rings is 3. The molecule has 3 fully saturated rings. The van der Waals surface area contributed by atoms with Gasteiger partial charge >= 0.3 is 0 Å². The molecule has 5 rings (SSSR count). The maximum absolute atomic E-state index is 6.16. The molecular formula is C18H28IN5. The number of hydrogen-bond acceptors (Lipinski definition) is 3. The highest BCUT2D eigenvalue weighted by Crippen LogP contribution is 2.27. The van der Waals surface area contributed by atoms with Gasteiger partial charge in [-0.05, 0) is 42.9 Å². The van der Waals surface area contributed by atoms with Gasteiger partial charge in [-0.2, -0.15) is 0 Å². The van der Waals surface area contributed by atoms with Crippen molar-refractivity contribution in [3.8, 4) is 0 Å². The van der Waals surface area contributed by atoms with E-state index in [0.717, 1.165) is 25.2 Å². The van der Waals surface area contributed by atoms with Gasteiger partial charge in [-0.1, -0.05) is 12.1 Å². The lowest BCUT2D eigenvalue weighted by Crippen LogP contribution is -2.61. The van der Waals surface area contributed by atoms with Crippen molar-refractivity contribution in [2.45, 2.75) is 31.7 Å². The molecule has 5 nitrogen and oxygen atoms in total. The third kappa shape index (κ3) is 3.86. The summed E-state index contributed by atoms with van der Waals surface area (Å²) in [5.41, 5.74) is 10.2. The molecule has 0 spiro atoms. The monoisotopic (exact) mass is 441 g/mol. The van der Waals surface area contributed by atoms with Crippen LogP contribution in [0.15, 0.2) is 23.2 Å². The van der Waals surface area contributed by atoms with E-state index in [0.29, 0.717) is 12.0 Å². The van der Waals surface area contributed by atoms with Crippen LogP contribution >= 0.6 is 24.0 Å². The van der Waals surface area contributed by atoms with Crippen LogP contribution in [-0.4, -0.2) is 61.1 Å². The van der Waals surface area contributed by atoms with Crippen LogP contribution in [0, 0.1) is 0 Å². The van der Waals surface area contributed by atoms with E-state index >= 15 is 0 Å². The molecule has 2 bridgehead atoms. The minimum absolute atomic E-state index is 0. The van der Waals surface area contributed by atoms with Crippen molar-refractivity contribution >= 4 is 35.6 Å². The summed E-state index contributed by atoms with van der Waals surface area (Å²) in [5.74, 6) is 0.557. The minimum atomic E-state index is 0. The summed E-state index contributed by atoms with van der Waals surface area (Å²) >= 11 is 0. The Morgan fingerprint density at radius 2 is 1.96 bits per heavy atom. The van der Waals surface area contributed by atoms with Crippen LogP contribution in [0.25, 0.3) is 0 Å². The molecule has 0 amide bonds. The number of nitrogens with two attached hydrogens (primary N) is 1. The second kappa shape index (κ2) is 8.01. The first-order valence-electron chi connectivity index (χ1n) is 8.94. The molecule has 0 radical (unpaired) electrons. The largest absolute Gasteiger partial charge is 0.370 e. The number of nitrogens with one attached hydrogen (secondary N) is 1. The molecule has 1 atom stereocenters. The number of rotatable bonds is 3. The molecule has 1 aromatic rings. The predicted molar refractivity (Wildman–Crippen MR) is 110 cm³/mol. The van der Waals surface area contributed by atoms with Crippen molar-refractivity contribution in [3.05, 3.63) is 29.3 Å². The normalized spacial score (nSPS) is 28.8. The topological polar surface area (TPSA) is 56.9 Å². The van der Waals surface area contributed by atoms with E-state index in [-0.39, 0.29) is 24.0 Å². The first-order chi connectivity index (χ1) is 11.3. The van der Waals surface area contributed by atoms with Crippen molar-refractivity contribution in [1.29, 1.82) is 0 Å². The number of hydrogen-bond donors (Lipinski definition) is 2. The van der Waals surface area contributed by atoms with Gasteiger partial charge in [-0.15, -0.1) is 24.0 Å². The molecule has 1 aliphatic carbocycles. The van der Waals surface area contributed by atoms with E-state index < -0.39 is 0 Å². The number of anilines is 1. The summed E-state index contributed by atoms with van der Waals surface area (Å²) in [4.78, 5) is 9.72. The number of halogens is 1. The summed E-state index contributed by atoms with van der Waals surface area (Å²) in [7, 11) is 0. The highest BCUT2D eigenvalue weighted by molar-refractivity contribution is 14.0. The van der Waals surface area contributed by atoms with Crippen LogP contribution in [0.2, 0.25) is 0 Å². The minimum Gasteiger partial charge on any atom is -0.370 e. The van der Waals surface area contributed by atoms with E-state index in [4.69, 9.17) is 5.73 Å². The maximum Gasteiger partial charge on any atom is 0.193 e. The summed E-state index contributed by atoms with van der Waals surface area (Å²) in [6.07, 6.45) is 4.91. The zero-order valence-corrected chi connectivity index (χ0v) is 16.5. The number of aryl methyl sites for hydroxylation is 1. The number of guanidine groups is 1. The van der Waals surface area contributed by atoms with E-state index in [1.165, 1.54) is 56.6 Å². The smallest absolute Gasteiger partial charge is 0.193 e. The third-order valence-corrected chi connectivity index (χ3v) is 5.52. The van der Waals surface area contributed by atoms with Gasteiger partial charge in [0.2, 0.25) is 0 Å². The molecule has 6 heteroatoms. The number of aliphatic imine (C=N–C) groups is 1. The van der Waals surface area contributed by atoms with Crippen molar-refractivity contribution in [1.82, 2.24) is 9.80 Å². The lowest BCUT2D eigenvalue weighted by atomic mass is 9.90. The van der Waals surface area contributed by atoms with Gasteiger partial charge < -0.3 is 11.1 Å². The Morgan fingerprint density at radius 3 is 2.71 bits per heavy atom. The average molecular weight is 441 g/mol. The lowest BCUT2D eigenvalue weighted by Gasteiger charge is -2.47. The Bertz CT molecular complexity index is 595. The van der Waals surface area contributed by atoms with Crippen LogP contribution in [0.5, 0.6) is 0 Å². The predicted octanol–water partition coefficient (Wildman–Crippen LogP) is 1.91. The van der Waals surface area contributed by atoms with Gasteiger partial charge in [0.25, 0.3) is 0 Å². The second-order valence-electron chi connectivity index (χ2n) is 6.99. The molecule has 0 aromatic heterocycles. The van der Waals surface area contributed by atoms with E-state index in [2.05, 4.69) is 38.3 Å². The summed E-state index contributed by atoms with van der Waals surface area (Å²) in [5, 5.41) is 3.35. The first kappa shape index (κ1) is 17.9. The van der Waals surface area contributed by atoms with Crippen LogP contribution in [0.4, 0.5) is 5.69 Å². The Hall–Kier alpha value is -0.860. The van der Waals surface area contributed by atoms with Crippen molar-refractivity contribution in [2.75, 3.05) is 44.6 Å². The Balaban J connectivity index is 0.00000169. The number of benzene rings is 1. The SMILES string of the molecule is I.NC(=NCC1CN2CCN1CC2)Nc1cccc2c1CCCC2. The molecule has 3 saturated heterocycles. The molecule has 3 aliphatic heterocycles. The van der Waals surface area contributed by atoms with Gasteiger partial charge in [-0.25, -0.2) is 0 Å². The average Bonchev–Trinajstić information content (AvgIpc) is 2.61. The van der Waals surface area contributed by atoms with Gasteiger partial charge in [0.15, 0.2) is 5.96 Å². The molecule has 1 unspecified atom stereocenters. The fraction of sp³-hybridized carbons (Fsp3) is 0.611. The van der Waals surface area contributed by atoms with E-state index in [9.17, 15) is 0 Å². The van der Waals surface area contributed by atoms with Gasteiger partial charge in [0, 0.05) is 44.5 Å². The number of fused-ring (bicyclic) bond motifs is 4. The van der Waals surface area contributed by atoms with Crippen LogP contribution in [0.1, 0.15) is 24.0 Å². The van der Waals surface area contributed by atoms with Crippen LogP contribution < -0.4 is 11.1 Å². The molecule has 3 heterocycles. The van der Waals surface area contributed by atoms with Crippen molar-refractivity contribution in [3.63, 3.8) is 0 Å². The Kier molecular flexibility index (Phi) is 5.99. The van der Waals surface area contributed by atoms with E-state index in [1.807, 2.05) is 0 Å². The molecular weight excluding hydrogens is 413 g/mol. The fourth-order valence-corrected chi connectivity index (χ4v) is 4.18. The van der Waals surface area contributed by atoms with Gasteiger partial charge in [-0.3, -0.25) is 14.8 Å².